The monoisotopic (exact) mass is 361 g/mol. The lowest BCUT2D eigenvalue weighted by molar-refractivity contribution is 0.154. The molecule has 6 nitrogen and oxygen atoms in total. The first-order valence-corrected chi connectivity index (χ1v) is 11.2. The molecule has 0 radical (unpaired) electrons. The predicted octanol–water partition coefficient (Wildman–Crippen LogP) is 1.82. The SMILES string of the molecule is CCNC(=NCCC1CCCC(C)C1)NCCOCCS(C)(=O)=O. The highest BCUT2D eigenvalue weighted by atomic mass is 32.2. The van der Waals surface area contributed by atoms with Crippen LogP contribution in [0.5, 0.6) is 0 Å². The van der Waals surface area contributed by atoms with Crippen molar-refractivity contribution in [2.24, 2.45) is 16.8 Å². The van der Waals surface area contributed by atoms with Gasteiger partial charge in [-0.3, -0.25) is 4.99 Å². The van der Waals surface area contributed by atoms with Crippen molar-refractivity contribution in [3.63, 3.8) is 0 Å². The molecule has 1 saturated carbocycles. The Balaban J connectivity index is 2.19. The Morgan fingerprint density at radius 2 is 2.04 bits per heavy atom. The molecule has 0 saturated heterocycles. The van der Waals surface area contributed by atoms with Gasteiger partial charge >= 0.3 is 0 Å². The molecule has 0 bridgehead atoms. The van der Waals surface area contributed by atoms with E-state index in [2.05, 4.69) is 22.5 Å². The lowest BCUT2D eigenvalue weighted by atomic mass is 9.81. The standard InChI is InChI=1S/C17H35N3O3S/c1-4-18-17(20-10-11-23-12-13-24(3,21)22)19-9-8-16-7-5-6-15(2)14-16/h15-16H,4-14H2,1-3H3,(H2,18,19,20). The number of nitrogens with zero attached hydrogens (tertiary/aromatic N) is 1. The molecule has 0 amide bonds. The van der Waals surface area contributed by atoms with Gasteiger partial charge in [-0.1, -0.05) is 26.2 Å². The Morgan fingerprint density at radius 1 is 1.25 bits per heavy atom. The maximum atomic E-state index is 11.0. The van der Waals surface area contributed by atoms with Gasteiger partial charge in [0.25, 0.3) is 0 Å². The van der Waals surface area contributed by atoms with Gasteiger partial charge in [0.05, 0.1) is 19.0 Å². The Morgan fingerprint density at radius 3 is 2.71 bits per heavy atom. The summed E-state index contributed by atoms with van der Waals surface area (Å²) in [4.78, 5) is 4.63. The van der Waals surface area contributed by atoms with E-state index in [0.29, 0.717) is 13.2 Å². The van der Waals surface area contributed by atoms with Gasteiger partial charge in [-0.25, -0.2) is 8.42 Å². The molecule has 2 unspecified atom stereocenters. The van der Waals surface area contributed by atoms with Crippen LogP contribution >= 0.6 is 0 Å². The lowest BCUT2D eigenvalue weighted by Gasteiger charge is -2.26. The van der Waals surface area contributed by atoms with Gasteiger partial charge in [0.1, 0.15) is 9.84 Å². The molecule has 1 rings (SSSR count). The minimum Gasteiger partial charge on any atom is -0.379 e. The van der Waals surface area contributed by atoms with Crippen LogP contribution < -0.4 is 10.6 Å². The van der Waals surface area contributed by atoms with E-state index in [1.54, 1.807) is 0 Å². The van der Waals surface area contributed by atoms with Crippen LogP contribution in [0.15, 0.2) is 4.99 Å². The van der Waals surface area contributed by atoms with Crippen LogP contribution in [0, 0.1) is 11.8 Å². The number of hydrogen-bond donors (Lipinski definition) is 2. The molecule has 2 atom stereocenters. The maximum Gasteiger partial charge on any atom is 0.191 e. The summed E-state index contributed by atoms with van der Waals surface area (Å²) in [6.07, 6.45) is 7.80. The van der Waals surface area contributed by atoms with Crippen molar-refractivity contribution in [3.05, 3.63) is 0 Å². The molecular weight excluding hydrogens is 326 g/mol. The Hall–Kier alpha value is -0.820. The number of hydrogen-bond acceptors (Lipinski definition) is 4. The first-order valence-electron chi connectivity index (χ1n) is 9.18. The fourth-order valence-electron chi connectivity index (χ4n) is 3.08. The van der Waals surface area contributed by atoms with Gasteiger partial charge in [-0.05, 0) is 31.6 Å². The first-order chi connectivity index (χ1) is 11.4. The third kappa shape index (κ3) is 10.9. The second-order valence-electron chi connectivity index (χ2n) is 6.86. The number of ether oxygens (including phenoxy) is 1. The zero-order valence-electron chi connectivity index (χ0n) is 15.5. The normalized spacial score (nSPS) is 22.4. The van der Waals surface area contributed by atoms with Crippen molar-refractivity contribution in [3.8, 4) is 0 Å². The molecule has 1 aliphatic carbocycles. The third-order valence-electron chi connectivity index (χ3n) is 4.33. The molecule has 0 aromatic carbocycles. The van der Waals surface area contributed by atoms with Crippen LogP contribution in [0.25, 0.3) is 0 Å². The van der Waals surface area contributed by atoms with Crippen LogP contribution in [-0.4, -0.2) is 59.2 Å². The highest BCUT2D eigenvalue weighted by Gasteiger charge is 2.18. The minimum atomic E-state index is -2.94. The summed E-state index contributed by atoms with van der Waals surface area (Å²) in [5.41, 5.74) is 0. The van der Waals surface area contributed by atoms with E-state index in [1.807, 2.05) is 6.92 Å². The van der Waals surface area contributed by atoms with E-state index in [9.17, 15) is 8.42 Å². The van der Waals surface area contributed by atoms with Gasteiger partial charge in [0.15, 0.2) is 5.96 Å². The number of rotatable bonds is 10. The van der Waals surface area contributed by atoms with Gasteiger partial charge in [-0.2, -0.15) is 0 Å². The molecule has 0 aromatic rings. The van der Waals surface area contributed by atoms with E-state index in [1.165, 1.54) is 31.9 Å². The third-order valence-corrected chi connectivity index (χ3v) is 5.24. The first kappa shape index (κ1) is 21.2. The summed E-state index contributed by atoms with van der Waals surface area (Å²) in [6, 6.07) is 0. The number of guanidine groups is 1. The van der Waals surface area contributed by atoms with Crippen LogP contribution in [0.2, 0.25) is 0 Å². The second-order valence-corrected chi connectivity index (χ2v) is 9.12. The zero-order valence-corrected chi connectivity index (χ0v) is 16.3. The van der Waals surface area contributed by atoms with E-state index < -0.39 is 9.84 Å². The molecule has 7 heteroatoms. The molecule has 1 fully saturated rings. The molecular formula is C17H35N3O3S. The molecule has 0 heterocycles. The van der Waals surface area contributed by atoms with Gasteiger partial charge in [0.2, 0.25) is 0 Å². The molecule has 24 heavy (non-hydrogen) atoms. The minimum absolute atomic E-state index is 0.0704. The van der Waals surface area contributed by atoms with Crippen LogP contribution in [0.3, 0.4) is 0 Å². The summed E-state index contributed by atoms with van der Waals surface area (Å²) in [5.74, 6) is 2.57. The number of sulfone groups is 1. The molecule has 0 spiro atoms. The Bertz CT molecular complexity index is 466. The van der Waals surface area contributed by atoms with Crippen molar-refractivity contribution in [1.82, 2.24) is 10.6 Å². The van der Waals surface area contributed by atoms with Crippen molar-refractivity contribution in [1.29, 1.82) is 0 Å². The van der Waals surface area contributed by atoms with E-state index >= 15 is 0 Å². The predicted molar refractivity (Wildman–Crippen MR) is 100 cm³/mol. The average Bonchev–Trinajstić information content (AvgIpc) is 2.49. The quantitative estimate of drug-likeness (QED) is 0.352. The largest absolute Gasteiger partial charge is 0.379 e. The molecule has 1 aliphatic rings. The smallest absolute Gasteiger partial charge is 0.191 e. The van der Waals surface area contributed by atoms with Gasteiger partial charge in [-0.15, -0.1) is 0 Å². The fourth-order valence-corrected chi connectivity index (χ4v) is 3.50. The summed E-state index contributed by atoms with van der Waals surface area (Å²) in [6.45, 7) is 7.40. The Labute approximate surface area is 147 Å². The number of nitrogens with one attached hydrogen (secondary N) is 2. The second kappa shape index (κ2) is 11.7. The summed E-state index contributed by atoms with van der Waals surface area (Å²) < 4.78 is 27.3. The zero-order chi connectivity index (χ0) is 17.8. The van der Waals surface area contributed by atoms with Crippen molar-refractivity contribution in [2.45, 2.75) is 46.0 Å². The van der Waals surface area contributed by atoms with Crippen molar-refractivity contribution in [2.75, 3.05) is 44.9 Å². The fraction of sp³-hybridized carbons (Fsp3) is 0.941. The average molecular weight is 362 g/mol. The summed E-state index contributed by atoms with van der Waals surface area (Å²) in [5, 5.41) is 6.46. The molecule has 0 aromatic heterocycles. The summed E-state index contributed by atoms with van der Waals surface area (Å²) >= 11 is 0. The van der Waals surface area contributed by atoms with E-state index in [4.69, 9.17) is 4.74 Å². The summed E-state index contributed by atoms with van der Waals surface area (Å²) in [7, 11) is -2.94. The highest BCUT2D eigenvalue weighted by molar-refractivity contribution is 7.90. The van der Waals surface area contributed by atoms with Gasteiger partial charge < -0.3 is 15.4 Å². The maximum absolute atomic E-state index is 11.0. The molecule has 0 aliphatic heterocycles. The van der Waals surface area contributed by atoms with Gasteiger partial charge in [0, 0.05) is 25.9 Å². The molecule has 142 valence electrons. The van der Waals surface area contributed by atoms with Crippen molar-refractivity contribution >= 4 is 15.8 Å². The van der Waals surface area contributed by atoms with E-state index in [0.717, 1.165) is 37.3 Å². The van der Waals surface area contributed by atoms with E-state index in [-0.39, 0.29) is 12.4 Å². The van der Waals surface area contributed by atoms with Crippen LogP contribution in [0.1, 0.15) is 46.0 Å². The molecule has 2 N–H and O–H groups in total. The van der Waals surface area contributed by atoms with Crippen LogP contribution in [-0.2, 0) is 14.6 Å². The highest BCUT2D eigenvalue weighted by Crippen LogP contribution is 2.30. The topological polar surface area (TPSA) is 79.8 Å². The van der Waals surface area contributed by atoms with Crippen molar-refractivity contribution < 1.29 is 13.2 Å². The number of aliphatic imine (C=N–C) groups is 1. The Kier molecular flexibility index (Phi) is 10.3. The van der Waals surface area contributed by atoms with Crippen LogP contribution in [0.4, 0.5) is 0 Å². The lowest BCUT2D eigenvalue weighted by Crippen LogP contribution is -2.39.